The maximum absolute atomic E-state index is 12.9. The van der Waals surface area contributed by atoms with Crippen LogP contribution in [0.2, 0.25) is 0 Å². The summed E-state index contributed by atoms with van der Waals surface area (Å²) in [6, 6.07) is 10.3. The first kappa shape index (κ1) is 27.5. The van der Waals surface area contributed by atoms with Gasteiger partial charge in [-0.3, -0.25) is 19.3 Å². The average molecular weight is 561 g/mol. The third kappa shape index (κ3) is 6.30. The Balaban J connectivity index is 1.51. The molecule has 2 aliphatic rings. The molecule has 10 nitrogen and oxygen atoms in total. The zero-order valence-corrected chi connectivity index (χ0v) is 22.7. The first-order valence-corrected chi connectivity index (χ1v) is 14.3. The van der Waals surface area contributed by atoms with Crippen molar-refractivity contribution in [2.45, 2.75) is 31.1 Å². The van der Waals surface area contributed by atoms with Gasteiger partial charge in [0.15, 0.2) is 11.5 Å². The van der Waals surface area contributed by atoms with Gasteiger partial charge in [-0.2, -0.15) is 8.42 Å². The summed E-state index contributed by atoms with van der Waals surface area (Å²) in [7, 11) is -2.68. The highest BCUT2D eigenvalue weighted by molar-refractivity contribution is 8.18. The molecule has 0 atom stereocenters. The number of imide groups is 1. The lowest BCUT2D eigenvalue weighted by atomic mass is 10.1. The highest BCUT2D eigenvalue weighted by Crippen LogP contribution is 2.36. The highest BCUT2D eigenvalue weighted by atomic mass is 32.2. The van der Waals surface area contributed by atoms with Gasteiger partial charge in [-0.05, 0) is 86.0 Å². The zero-order valence-electron chi connectivity index (χ0n) is 21.0. The molecule has 0 bridgehead atoms. The molecule has 0 radical (unpaired) electrons. The Morgan fingerprint density at radius 1 is 1.03 bits per heavy atom. The van der Waals surface area contributed by atoms with E-state index in [0.717, 1.165) is 35.9 Å². The molecule has 0 aliphatic carbocycles. The Morgan fingerprint density at radius 2 is 1.74 bits per heavy atom. The van der Waals surface area contributed by atoms with Crippen molar-refractivity contribution in [2.75, 3.05) is 33.4 Å². The number of hydrogen-bond donors (Lipinski definition) is 0. The van der Waals surface area contributed by atoms with Crippen molar-refractivity contribution >= 4 is 45.0 Å². The Morgan fingerprint density at radius 3 is 2.39 bits per heavy atom. The molecule has 0 unspecified atom stereocenters. The molecule has 2 heterocycles. The smallest absolute Gasteiger partial charge is 0.339 e. The largest absolute Gasteiger partial charge is 0.497 e. The first-order valence-electron chi connectivity index (χ1n) is 12.1. The molecule has 4 rings (SSSR count). The number of methoxy groups -OCH3 is 1. The summed E-state index contributed by atoms with van der Waals surface area (Å²) >= 11 is 0.749. The van der Waals surface area contributed by atoms with E-state index in [4.69, 9.17) is 13.7 Å². The van der Waals surface area contributed by atoms with E-state index in [1.165, 1.54) is 49.6 Å². The van der Waals surface area contributed by atoms with E-state index in [1.54, 1.807) is 17.9 Å². The molecule has 2 fully saturated rings. The number of rotatable bonds is 9. The van der Waals surface area contributed by atoms with Crippen LogP contribution in [-0.2, 0) is 19.7 Å². The topological polar surface area (TPSA) is 120 Å². The number of carbonyl (C=O) groups excluding carboxylic acids is 3. The summed E-state index contributed by atoms with van der Waals surface area (Å²) < 4.78 is 41.6. The van der Waals surface area contributed by atoms with Crippen LogP contribution in [0.25, 0.3) is 6.08 Å². The minimum atomic E-state index is -4.16. The molecule has 2 aromatic carbocycles. The van der Waals surface area contributed by atoms with E-state index in [1.807, 2.05) is 0 Å². The van der Waals surface area contributed by atoms with Gasteiger partial charge in [0.1, 0.15) is 17.2 Å². The van der Waals surface area contributed by atoms with Crippen LogP contribution in [-0.4, -0.2) is 68.6 Å². The lowest BCUT2D eigenvalue weighted by molar-refractivity contribution is -0.136. The summed E-state index contributed by atoms with van der Waals surface area (Å²) in [6.45, 7) is 2.94. The quantitative estimate of drug-likeness (QED) is 0.332. The van der Waals surface area contributed by atoms with Gasteiger partial charge in [0.25, 0.3) is 11.1 Å². The van der Waals surface area contributed by atoms with Gasteiger partial charge in [-0.1, -0.05) is 6.07 Å². The minimum Gasteiger partial charge on any atom is -0.497 e. The van der Waals surface area contributed by atoms with Gasteiger partial charge in [-0.15, -0.1) is 0 Å². The van der Waals surface area contributed by atoms with Gasteiger partial charge in [0, 0.05) is 13.1 Å². The molecule has 12 heteroatoms. The number of amides is 3. The second kappa shape index (κ2) is 11.9. The fourth-order valence-corrected chi connectivity index (χ4v) is 5.80. The SMILES string of the molecule is CCOc1cc(/C=C2\SC(=O)N(CC(=O)N3CCCCC3)C2=O)ccc1OS(=O)(=O)c1ccc(OC)cc1. The predicted molar refractivity (Wildman–Crippen MR) is 142 cm³/mol. The molecule has 202 valence electrons. The standard InChI is InChI=1S/C26H28N2O8S2/c1-3-35-22-15-18(7-12-21(22)36-38(32,33)20-10-8-19(34-2)9-11-20)16-23-25(30)28(26(31)37-23)17-24(29)27-13-5-4-6-14-27/h7-12,15-16H,3-6,13-14,17H2,1-2H3/b23-16-. The number of ether oxygens (including phenoxy) is 2. The maximum atomic E-state index is 12.9. The second-order valence-corrected chi connectivity index (χ2v) is 11.1. The maximum Gasteiger partial charge on any atom is 0.339 e. The van der Waals surface area contributed by atoms with Crippen molar-refractivity contribution in [3.8, 4) is 17.2 Å². The van der Waals surface area contributed by atoms with E-state index < -0.39 is 21.3 Å². The van der Waals surface area contributed by atoms with E-state index in [2.05, 4.69) is 0 Å². The van der Waals surface area contributed by atoms with E-state index >= 15 is 0 Å². The van der Waals surface area contributed by atoms with Crippen molar-refractivity contribution in [3.63, 3.8) is 0 Å². The highest BCUT2D eigenvalue weighted by Gasteiger charge is 2.37. The van der Waals surface area contributed by atoms with Crippen LogP contribution in [0.5, 0.6) is 17.2 Å². The van der Waals surface area contributed by atoms with Crippen LogP contribution in [0.15, 0.2) is 52.3 Å². The van der Waals surface area contributed by atoms with Gasteiger partial charge in [0.05, 0.1) is 18.6 Å². The summed E-state index contributed by atoms with van der Waals surface area (Å²) in [5.41, 5.74) is 0.496. The molecule has 2 aromatic rings. The lowest BCUT2D eigenvalue weighted by Gasteiger charge is -2.27. The van der Waals surface area contributed by atoms with E-state index in [0.29, 0.717) is 24.4 Å². The Kier molecular flexibility index (Phi) is 8.62. The summed E-state index contributed by atoms with van der Waals surface area (Å²) in [4.78, 5) is 40.7. The summed E-state index contributed by atoms with van der Waals surface area (Å²) in [6.07, 6.45) is 4.39. The number of benzene rings is 2. The fraction of sp³-hybridized carbons (Fsp3) is 0.346. The fourth-order valence-electron chi connectivity index (χ4n) is 4.03. The van der Waals surface area contributed by atoms with Crippen molar-refractivity contribution in [1.82, 2.24) is 9.80 Å². The third-order valence-electron chi connectivity index (χ3n) is 5.99. The Labute approximate surface area is 225 Å². The van der Waals surface area contributed by atoms with E-state index in [9.17, 15) is 22.8 Å². The zero-order chi connectivity index (χ0) is 27.3. The molecule has 0 N–H and O–H groups in total. The van der Waals surface area contributed by atoms with Crippen LogP contribution >= 0.6 is 11.8 Å². The molecule has 38 heavy (non-hydrogen) atoms. The van der Waals surface area contributed by atoms with Crippen LogP contribution in [0.3, 0.4) is 0 Å². The number of likely N-dealkylation sites (tertiary alicyclic amines) is 1. The number of carbonyl (C=O) groups is 3. The molecule has 2 saturated heterocycles. The van der Waals surface area contributed by atoms with Gasteiger partial charge < -0.3 is 18.6 Å². The number of thioether (sulfide) groups is 1. The van der Waals surface area contributed by atoms with Crippen LogP contribution in [0.4, 0.5) is 4.79 Å². The molecule has 0 saturated carbocycles. The van der Waals surface area contributed by atoms with Gasteiger partial charge >= 0.3 is 10.1 Å². The number of hydrogen-bond acceptors (Lipinski definition) is 9. The van der Waals surface area contributed by atoms with Crippen LogP contribution in [0.1, 0.15) is 31.7 Å². The lowest BCUT2D eigenvalue weighted by Crippen LogP contribution is -2.44. The molecule has 2 aliphatic heterocycles. The predicted octanol–water partition coefficient (Wildman–Crippen LogP) is 3.91. The van der Waals surface area contributed by atoms with Gasteiger partial charge in [-0.25, -0.2) is 0 Å². The normalized spacial score (nSPS) is 17.2. The van der Waals surface area contributed by atoms with Crippen molar-refractivity contribution < 1.29 is 36.5 Å². The van der Waals surface area contributed by atoms with Crippen molar-refractivity contribution in [2.24, 2.45) is 0 Å². The second-order valence-electron chi connectivity index (χ2n) is 8.56. The Bertz CT molecular complexity index is 1350. The minimum absolute atomic E-state index is 0.0277. The van der Waals surface area contributed by atoms with Crippen LogP contribution < -0.4 is 13.7 Å². The summed E-state index contributed by atoms with van der Waals surface area (Å²) in [5.74, 6) is -0.168. The van der Waals surface area contributed by atoms with Crippen LogP contribution in [0, 0.1) is 0 Å². The molecule has 0 aromatic heterocycles. The van der Waals surface area contributed by atoms with Gasteiger partial charge in [0.2, 0.25) is 5.91 Å². The number of piperidine rings is 1. The first-order chi connectivity index (χ1) is 18.2. The molecular formula is C26H28N2O8S2. The number of nitrogens with zero attached hydrogens (tertiary/aromatic N) is 2. The van der Waals surface area contributed by atoms with Crippen molar-refractivity contribution in [3.05, 3.63) is 52.9 Å². The average Bonchev–Trinajstić information content (AvgIpc) is 3.17. The monoisotopic (exact) mass is 560 g/mol. The third-order valence-corrected chi connectivity index (χ3v) is 8.14. The van der Waals surface area contributed by atoms with Crippen molar-refractivity contribution in [1.29, 1.82) is 0 Å². The Hall–Kier alpha value is -3.51. The summed E-state index contributed by atoms with van der Waals surface area (Å²) in [5, 5.41) is -0.512. The molecule has 3 amide bonds. The van der Waals surface area contributed by atoms with E-state index in [-0.39, 0.29) is 40.4 Å². The molecular weight excluding hydrogens is 532 g/mol. The molecule has 0 spiro atoms.